The molecule has 0 heterocycles. The summed E-state index contributed by atoms with van der Waals surface area (Å²) >= 11 is 0. The molecule has 2 aliphatic carbocycles. The number of carbonyl (C=O) groups is 1. The van der Waals surface area contributed by atoms with Gasteiger partial charge in [-0.15, -0.1) is 0 Å². The second kappa shape index (κ2) is 10.6. The fourth-order valence-electron chi connectivity index (χ4n) is 5.38. The molecule has 3 N–H and O–H groups in total. The Morgan fingerprint density at radius 3 is 2.74 bits per heavy atom. The number of hydrogen-bond donors (Lipinski definition) is 3. The van der Waals surface area contributed by atoms with Gasteiger partial charge in [0.2, 0.25) is 0 Å². The van der Waals surface area contributed by atoms with Gasteiger partial charge in [0.15, 0.2) is 0 Å². The van der Waals surface area contributed by atoms with Crippen molar-refractivity contribution in [2.24, 2.45) is 17.8 Å². The van der Waals surface area contributed by atoms with Crippen LogP contribution in [0.5, 0.6) is 0 Å². The quantitative estimate of drug-likeness (QED) is 0.406. The van der Waals surface area contributed by atoms with Crippen LogP contribution in [0.2, 0.25) is 0 Å². The molecular weight excluding hydrogens is 388 g/mol. The number of hydrogen-bond acceptors (Lipinski definition) is 3. The van der Waals surface area contributed by atoms with Gasteiger partial charge in [0, 0.05) is 5.92 Å². The topological polar surface area (TPSA) is 77.8 Å². The third-order valence-electron chi connectivity index (χ3n) is 7.13. The molecule has 0 bridgehead atoms. The fourth-order valence-corrected chi connectivity index (χ4v) is 5.38. The number of unbranched alkanes of at least 4 members (excludes halogenated alkanes) is 1. The van der Waals surface area contributed by atoms with E-state index in [2.05, 4.69) is 25.2 Å². The Morgan fingerprint density at radius 2 is 2.00 bits per heavy atom. The number of fused-ring (bicyclic) bond motifs is 1. The standard InChI is InChI=1S/C27H38O4/c1-3-4-14-27(2,31)15-8-13-23-24-17-19(16-21(24)18-25(23)28)9-7-11-20-10-5-6-12-22(20)26(29)30/h5-6,8,10,12-13,16,21,23-25,28,31H,3-4,7,9,11,14-15,17-18H2,1-2H3,(H,29,30)/t21-,23-,24-,25+,27+/m0/s1. The van der Waals surface area contributed by atoms with E-state index < -0.39 is 11.6 Å². The molecule has 0 spiro atoms. The predicted octanol–water partition coefficient (Wildman–Crippen LogP) is 5.54. The Bertz CT molecular complexity index is 807. The zero-order valence-corrected chi connectivity index (χ0v) is 19.0. The Labute approximate surface area is 186 Å². The average molecular weight is 427 g/mol. The highest BCUT2D eigenvalue weighted by Crippen LogP contribution is 2.48. The van der Waals surface area contributed by atoms with Crippen molar-refractivity contribution in [1.82, 2.24) is 0 Å². The van der Waals surface area contributed by atoms with Crippen LogP contribution >= 0.6 is 0 Å². The molecule has 0 aromatic heterocycles. The molecule has 1 fully saturated rings. The molecule has 1 aromatic carbocycles. The molecular formula is C27H38O4. The van der Waals surface area contributed by atoms with Gasteiger partial charge >= 0.3 is 5.97 Å². The lowest BCUT2D eigenvalue weighted by molar-refractivity contribution is 0.0513. The van der Waals surface area contributed by atoms with Gasteiger partial charge in [-0.25, -0.2) is 4.79 Å². The van der Waals surface area contributed by atoms with Gasteiger partial charge in [-0.2, -0.15) is 0 Å². The van der Waals surface area contributed by atoms with Crippen LogP contribution in [0.4, 0.5) is 0 Å². The summed E-state index contributed by atoms with van der Waals surface area (Å²) in [6.45, 7) is 4.04. The maximum Gasteiger partial charge on any atom is 0.335 e. The Hall–Kier alpha value is -1.91. The third kappa shape index (κ3) is 6.30. The Balaban J connectivity index is 1.51. The molecule has 0 aliphatic heterocycles. The summed E-state index contributed by atoms with van der Waals surface area (Å²) in [6.07, 6.45) is 14.4. The minimum atomic E-state index is -0.859. The van der Waals surface area contributed by atoms with Crippen LogP contribution < -0.4 is 0 Å². The monoisotopic (exact) mass is 426 g/mol. The predicted molar refractivity (Wildman–Crippen MR) is 124 cm³/mol. The summed E-state index contributed by atoms with van der Waals surface area (Å²) in [5.41, 5.74) is 2.09. The highest BCUT2D eigenvalue weighted by molar-refractivity contribution is 5.89. The van der Waals surface area contributed by atoms with Gasteiger partial charge in [-0.05, 0) is 75.3 Å². The van der Waals surface area contributed by atoms with E-state index in [0.717, 1.165) is 56.9 Å². The van der Waals surface area contributed by atoms with Crippen LogP contribution in [-0.2, 0) is 6.42 Å². The van der Waals surface area contributed by atoms with Crippen molar-refractivity contribution in [2.45, 2.75) is 83.3 Å². The molecule has 3 rings (SSSR count). The summed E-state index contributed by atoms with van der Waals surface area (Å²) in [6, 6.07) is 7.26. The SMILES string of the molecule is CCCC[C@@](C)(O)CC=C[C@H]1[C@H]2CC(CCCc3ccccc3C(=O)O)=C[C@H]2C[C@H]1O. The normalized spacial score (nSPS) is 27.3. The number of aromatic carboxylic acids is 1. The van der Waals surface area contributed by atoms with Gasteiger partial charge < -0.3 is 15.3 Å². The van der Waals surface area contributed by atoms with Crippen LogP contribution in [0.25, 0.3) is 0 Å². The number of aryl methyl sites for hydroxylation is 1. The molecule has 4 nitrogen and oxygen atoms in total. The molecule has 0 radical (unpaired) electrons. The first-order chi connectivity index (χ1) is 14.8. The van der Waals surface area contributed by atoms with Gasteiger partial charge in [0.1, 0.15) is 0 Å². The molecule has 0 unspecified atom stereocenters. The van der Waals surface area contributed by atoms with Crippen molar-refractivity contribution in [2.75, 3.05) is 0 Å². The maximum absolute atomic E-state index is 11.4. The van der Waals surface area contributed by atoms with E-state index in [1.165, 1.54) is 5.57 Å². The maximum atomic E-state index is 11.4. The van der Waals surface area contributed by atoms with Crippen LogP contribution in [-0.4, -0.2) is 33.0 Å². The molecule has 31 heavy (non-hydrogen) atoms. The zero-order valence-electron chi connectivity index (χ0n) is 19.0. The van der Waals surface area contributed by atoms with Crippen LogP contribution in [0.3, 0.4) is 0 Å². The summed E-state index contributed by atoms with van der Waals surface area (Å²) < 4.78 is 0. The first-order valence-corrected chi connectivity index (χ1v) is 11.9. The number of benzene rings is 1. The molecule has 4 heteroatoms. The summed E-state index contributed by atoms with van der Waals surface area (Å²) in [5, 5.41) is 30.4. The smallest absolute Gasteiger partial charge is 0.335 e. The van der Waals surface area contributed by atoms with E-state index in [1.54, 1.807) is 12.1 Å². The van der Waals surface area contributed by atoms with Gasteiger partial charge in [-0.1, -0.05) is 61.8 Å². The van der Waals surface area contributed by atoms with E-state index in [1.807, 2.05) is 19.1 Å². The highest BCUT2D eigenvalue weighted by Gasteiger charge is 2.43. The molecule has 2 aliphatic rings. The van der Waals surface area contributed by atoms with Crippen molar-refractivity contribution < 1.29 is 20.1 Å². The first-order valence-electron chi connectivity index (χ1n) is 11.9. The number of rotatable bonds is 11. The molecule has 0 saturated heterocycles. The number of allylic oxidation sites excluding steroid dienone is 2. The second-order valence-electron chi connectivity index (χ2n) is 9.79. The van der Waals surface area contributed by atoms with Crippen LogP contribution in [0.15, 0.2) is 48.1 Å². The molecule has 1 saturated carbocycles. The second-order valence-corrected chi connectivity index (χ2v) is 9.79. The number of carboxylic acid groups (broad SMARTS) is 1. The van der Waals surface area contributed by atoms with Crippen molar-refractivity contribution in [3.8, 4) is 0 Å². The van der Waals surface area contributed by atoms with Crippen molar-refractivity contribution in [3.63, 3.8) is 0 Å². The first kappa shape index (κ1) is 23.7. The number of carboxylic acids is 1. The van der Waals surface area contributed by atoms with Gasteiger partial charge in [0.05, 0.1) is 17.3 Å². The van der Waals surface area contributed by atoms with E-state index >= 15 is 0 Å². The van der Waals surface area contributed by atoms with E-state index in [0.29, 0.717) is 23.8 Å². The van der Waals surface area contributed by atoms with Gasteiger partial charge in [0.25, 0.3) is 0 Å². The minimum absolute atomic E-state index is 0.161. The number of aliphatic hydroxyl groups is 2. The molecule has 1 aromatic rings. The fraction of sp³-hybridized carbons (Fsp3) is 0.593. The highest BCUT2D eigenvalue weighted by atomic mass is 16.4. The number of aliphatic hydroxyl groups excluding tert-OH is 1. The summed E-state index contributed by atoms with van der Waals surface area (Å²) in [4.78, 5) is 11.4. The molecule has 0 amide bonds. The van der Waals surface area contributed by atoms with Crippen LogP contribution in [0.1, 0.15) is 81.1 Å². The Kier molecular flexibility index (Phi) is 8.12. The lowest BCUT2D eigenvalue weighted by atomic mass is 9.87. The third-order valence-corrected chi connectivity index (χ3v) is 7.13. The summed E-state index contributed by atoms with van der Waals surface area (Å²) in [7, 11) is 0. The lowest BCUT2D eigenvalue weighted by Crippen LogP contribution is -2.23. The largest absolute Gasteiger partial charge is 0.478 e. The zero-order chi connectivity index (χ0) is 22.4. The average Bonchev–Trinajstić information content (AvgIpc) is 3.24. The lowest BCUT2D eigenvalue weighted by Gasteiger charge is -2.22. The minimum Gasteiger partial charge on any atom is -0.478 e. The van der Waals surface area contributed by atoms with Crippen molar-refractivity contribution in [3.05, 3.63) is 59.2 Å². The van der Waals surface area contributed by atoms with Crippen molar-refractivity contribution in [1.29, 1.82) is 0 Å². The Morgan fingerprint density at radius 1 is 1.23 bits per heavy atom. The van der Waals surface area contributed by atoms with E-state index in [9.17, 15) is 20.1 Å². The van der Waals surface area contributed by atoms with Gasteiger partial charge in [-0.3, -0.25) is 0 Å². The van der Waals surface area contributed by atoms with Crippen LogP contribution in [0, 0.1) is 17.8 Å². The summed E-state index contributed by atoms with van der Waals surface area (Å²) in [5.74, 6) is 0.190. The molecule has 170 valence electrons. The van der Waals surface area contributed by atoms with E-state index in [-0.39, 0.29) is 12.0 Å². The van der Waals surface area contributed by atoms with E-state index in [4.69, 9.17) is 0 Å². The van der Waals surface area contributed by atoms with Crippen molar-refractivity contribution >= 4 is 5.97 Å². The molecule has 5 atom stereocenters.